The van der Waals surface area contributed by atoms with Crippen LogP contribution in [0.15, 0.2) is 34.8 Å². The first kappa shape index (κ1) is 27.9. The molecule has 0 heterocycles. The summed E-state index contributed by atoms with van der Waals surface area (Å²) in [6, 6.07) is 8.53. The van der Waals surface area contributed by atoms with E-state index >= 15 is 0 Å². The molecule has 2 aromatic carbocycles. The average molecular weight is 571 g/mol. The third-order valence-corrected chi connectivity index (χ3v) is 6.19. The van der Waals surface area contributed by atoms with Crippen LogP contribution in [0.4, 0.5) is 0 Å². The smallest absolute Gasteiger partial charge is 0.276 e. The van der Waals surface area contributed by atoms with Crippen LogP contribution in [0.3, 0.4) is 0 Å². The molecule has 2 aromatic rings. The molecule has 0 radical (unpaired) electrons. The van der Waals surface area contributed by atoms with Gasteiger partial charge < -0.3 is 9.47 Å². The van der Waals surface area contributed by atoms with Crippen LogP contribution < -0.4 is 25.6 Å². The lowest BCUT2D eigenvalue weighted by molar-refractivity contribution is -0.123. The molecule has 0 aliphatic carbocycles. The zero-order chi connectivity index (χ0) is 25.1. The van der Waals surface area contributed by atoms with E-state index in [4.69, 9.17) is 33.3 Å². The molecule has 0 unspecified atom stereocenters. The number of carbonyl (C=O) groups is 2. The summed E-state index contributed by atoms with van der Waals surface area (Å²) in [5, 5.41) is 3.12. The Labute approximate surface area is 219 Å². The molecule has 7 nitrogen and oxygen atoms in total. The van der Waals surface area contributed by atoms with Gasteiger partial charge in [0.2, 0.25) is 0 Å². The van der Waals surface area contributed by atoms with Crippen molar-refractivity contribution in [2.75, 3.05) is 13.2 Å². The van der Waals surface area contributed by atoms with E-state index in [1.54, 1.807) is 30.3 Å². The fourth-order valence-electron chi connectivity index (χ4n) is 2.98. The first-order valence-electron chi connectivity index (χ1n) is 10.9. The topological polar surface area (TPSA) is 88.7 Å². The summed E-state index contributed by atoms with van der Waals surface area (Å²) in [6.45, 7) is 6.27. The maximum atomic E-state index is 12.4. The largest absolute Gasteiger partial charge is 0.492 e. The molecule has 2 rings (SSSR count). The van der Waals surface area contributed by atoms with Crippen molar-refractivity contribution in [3.05, 3.63) is 56.5 Å². The number of thiocarbonyl (C=S) groups is 1. The van der Waals surface area contributed by atoms with Crippen molar-refractivity contribution in [3.8, 4) is 11.5 Å². The Morgan fingerprint density at radius 1 is 1.03 bits per heavy atom. The van der Waals surface area contributed by atoms with Crippen molar-refractivity contribution in [1.82, 2.24) is 16.2 Å². The lowest BCUT2D eigenvalue weighted by atomic mass is 10.1. The summed E-state index contributed by atoms with van der Waals surface area (Å²) in [6.07, 6.45) is 4.47. The van der Waals surface area contributed by atoms with Gasteiger partial charge in [-0.3, -0.25) is 25.8 Å². The molecular weight excluding hydrogens is 542 g/mol. The third-order valence-electron chi connectivity index (χ3n) is 4.77. The molecule has 0 aromatic heterocycles. The minimum atomic E-state index is -0.468. The summed E-state index contributed by atoms with van der Waals surface area (Å²) in [5.41, 5.74) is 6.97. The number of amides is 2. The predicted octanol–water partition coefficient (Wildman–Crippen LogP) is 5.39. The van der Waals surface area contributed by atoms with Crippen LogP contribution >= 0.6 is 39.7 Å². The lowest BCUT2D eigenvalue weighted by Crippen LogP contribution is -2.49. The Bertz CT molecular complexity index is 1010. The number of hydrazine groups is 1. The molecule has 34 heavy (non-hydrogen) atoms. The fraction of sp³-hybridized carbons (Fsp3) is 0.375. The van der Waals surface area contributed by atoms with Crippen LogP contribution in [0.2, 0.25) is 5.02 Å². The molecule has 0 fully saturated rings. The zero-order valence-electron chi connectivity index (χ0n) is 19.4. The van der Waals surface area contributed by atoms with Gasteiger partial charge in [0, 0.05) is 10.6 Å². The number of hydrogen-bond acceptors (Lipinski definition) is 5. The van der Waals surface area contributed by atoms with Crippen LogP contribution in [0.1, 0.15) is 54.1 Å². The van der Waals surface area contributed by atoms with Gasteiger partial charge in [0.05, 0.1) is 11.1 Å². The second-order valence-electron chi connectivity index (χ2n) is 7.67. The normalized spacial score (nSPS) is 10.4. The van der Waals surface area contributed by atoms with Crippen molar-refractivity contribution >= 4 is 56.7 Å². The number of rotatable bonds is 10. The van der Waals surface area contributed by atoms with Gasteiger partial charge in [0.1, 0.15) is 11.5 Å². The molecule has 0 saturated heterocycles. The van der Waals surface area contributed by atoms with E-state index in [1.807, 2.05) is 13.8 Å². The van der Waals surface area contributed by atoms with Crippen LogP contribution in [0.25, 0.3) is 0 Å². The number of hydrogen-bond donors (Lipinski definition) is 3. The van der Waals surface area contributed by atoms with E-state index < -0.39 is 11.8 Å². The monoisotopic (exact) mass is 569 g/mol. The van der Waals surface area contributed by atoms with Crippen LogP contribution in [-0.4, -0.2) is 30.1 Å². The standard InChI is InChI=1S/C24H29BrClN3O4S/c1-4-5-6-7-10-32-20-9-8-17(13-19(20)25)23(31)27-24(34)29-28-21(30)14-33-18-11-15(2)22(26)16(3)12-18/h8-9,11-13H,4-7,10,14H2,1-3H3,(H,28,30)(H2,27,29,31,34). The second kappa shape index (κ2) is 14.1. The van der Waals surface area contributed by atoms with E-state index in [9.17, 15) is 9.59 Å². The maximum Gasteiger partial charge on any atom is 0.276 e. The highest BCUT2D eigenvalue weighted by atomic mass is 79.9. The Morgan fingerprint density at radius 3 is 2.38 bits per heavy atom. The molecule has 0 bridgehead atoms. The number of halogens is 2. The van der Waals surface area contributed by atoms with Crippen LogP contribution in [0, 0.1) is 13.8 Å². The van der Waals surface area contributed by atoms with Crippen molar-refractivity contribution in [2.24, 2.45) is 0 Å². The van der Waals surface area contributed by atoms with Gasteiger partial charge in [-0.1, -0.05) is 37.8 Å². The molecular formula is C24H29BrClN3O4S. The number of carbonyl (C=O) groups excluding carboxylic acids is 2. The maximum absolute atomic E-state index is 12.4. The highest BCUT2D eigenvalue weighted by molar-refractivity contribution is 9.10. The van der Waals surface area contributed by atoms with Crippen molar-refractivity contribution in [2.45, 2.75) is 46.5 Å². The van der Waals surface area contributed by atoms with Gasteiger partial charge in [0.25, 0.3) is 11.8 Å². The van der Waals surface area contributed by atoms with E-state index in [1.165, 1.54) is 12.8 Å². The second-order valence-corrected chi connectivity index (χ2v) is 9.31. The number of unbranched alkanes of at least 4 members (excludes halogenated alkanes) is 3. The van der Waals surface area contributed by atoms with Gasteiger partial charge in [-0.25, -0.2) is 0 Å². The number of benzene rings is 2. The third kappa shape index (κ3) is 9.12. The minimum absolute atomic E-state index is 0.0519. The first-order chi connectivity index (χ1) is 16.2. The Hall–Kier alpha value is -2.36. The molecule has 184 valence electrons. The predicted molar refractivity (Wildman–Crippen MR) is 142 cm³/mol. The van der Waals surface area contributed by atoms with E-state index in [0.29, 0.717) is 33.2 Å². The van der Waals surface area contributed by atoms with Crippen molar-refractivity contribution < 1.29 is 19.1 Å². The minimum Gasteiger partial charge on any atom is -0.492 e. The van der Waals surface area contributed by atoms with Crippen LogP contribution in [0.5, 0.6) is 11.5 Å². The summed E-state index contributed by atoms with van der Waals surface area (Å²) in [7, 11) is 0. The Balaban J connectivity index is 1.76. The number of nitrogens with one attached hydrogen (secondary N) is 3. The van der Waals surface area contributed by atoms with Gasteiger partial charge in [-0.05, 0) is 89.9 Å². The molecule has 0 aliphatic rings. The zero-order valence-corrected chi connectivity index (χ0v) is 22.6. The Kier molecular flexibility index (Phi) is 11.6. The van der Waals surface area contributed by atoms with Gasteiger partial charge in [0.15, 0.2) is 11.7 Å². The van der Waals surface area contributed by atoms with Gasteiger partial charge in [-0.15, -0.1) is 0 Å². The highest BCUT2D eigenvalue weighted by Crippen LogP contribution is 2.27. The van der Waals surface area contributed by atoms with Crippen molar-refractivity contribution in [3.63, 3.8) is 0 Å². The lowest BCUT2D eigenvalue weighted by Gasteiger charge is -2.13. The average Bonchev–Trinajstić information content (AvgIpc) is 2.80. The summed E-state index contributed by atoms with van der Waals surface area (Å²) in [4.78, 5) is 24.5. The van der Waals surface area contributed by atoms with E-state index in [2.05, 4.69) is 39.0 Å². The SMILES string of the molecule is CCCCCCOc1ccc(C(=O)NC(=S)NNC(=O)COc2cc(C)c(Cl)c(C)c2)cc1Br. The number of ether oxygens (including phenoxy) is 2. The summed E-state index contributed by atoms with van der Waals surface area (Å²) >= 11 is 14.6. The molecule has 0 aliphatic heterocycles. The highest BCUT2D eigenvalue weighted by Gasteiger charge is 2.12. The quantitative estimate of drug-likeness (QED) is 0.202. The van der Waals surface area contributed by atoms with Gasteiger partial charge >= 0.3 is 0 Å². The van der Waals surface area contributed by atoms with E-state index in [0.717, 1.165) is 24.0 Å². The molecule has 3 N–H and O–H groups in total. The molecule has 0 saturated carbocycles. The molecule has 0 atom stereocenters. The van der Waals surface area contributed by atoms with Gasteiger partial charge in [-0.2, -0.15) is 0 Å². The summed E-state index contributed by atoms with van der Waals surface area (Å²) in [5.74, 6) is 0.312. The fourth-order valence-corrected chi connectivity index (χ4v) is 3.72. The summed E-state index contributed by atoms with van der Waals surface area (Å²) < 4.78 is 11.9. The molecule has 2 amide bonds. The molecule has 10 heteroatoms. The molecule has 0 spiro atoms. The number of aryl methyl sites for hydroxylation is 2. The Morgan fingerprint density at radius 2 is 1.74 bits per heavy atom. The first-order valence-corrected chi connectivity index (χ1v) is 12.5. The van der Waals surface area contributed by atoms with Crippen LogP contribution in [-0.2, 0) is 4.79 Å². The van der Waals surface area contributed by atoms with E-state index in [-0.39, 0.29) is 11.7 Å². The van der Waals surface area contributed by atoms with Crippen molar-refractivity contribution in [1.29, 1.82) is 0 Å².